The Labute approximate surface area is 130 Å². The number of fused-ring (bicyclic) bond motifs is 1. The number of benzene rings is 1. The van der Waals surface area contributed by atoms with Crippen molar-refractivity contribution < 1.29 is 4.79 Å². The quantitative estimate of drug-likeness (QED) is 0.796. The van der Waals surface area contributed by atoms with E-state index in [-0.39, 0.29) is 5.78 Å². The minimum atomic E-state index is 0.189. The van der Waals surface area contributed by atoms with E-state index in [1.54, 1.807) is 0 Å². The number of ketones is 1. The van der Waals surface area contributed by atoms with Crippen molar-refractivity contribution >= 4 is 16.7 Å². The first-order chi connectivity index (χ1) is 10.8. The maximum absolute atomic E-state index is 12.7. The number of likely N-dealkylation sites (tertiary alicyclic amines) is 1. The molecule has 0 atom stereocenters. The van der Waals surface area contributed by atoms with Gasteiger partial charge >= 0.3 is 0 Å². The Morgan fingerprint density at radius 1 is 1.18 bits per heavy atom. The van der Waals surface area contributed by atoms with E-state index < -0.39 is 0 Å². The number of Topliss-reactive ketones (excluding diaryl/α,β-unsaturated/α-hetero) is 1. The van der Waals surface area contributed by atoms with E-state index in [2.05, 4.69) is 11.0 Å². The molecule has 1 aliphatic rings. The molecule has 2 heterocycles. The molecule has 2 aromatic rings. The van der Waals surface area contributed by atoms with Crippen molar-refractivity contribution in [3.8, 4) is 6.07 Å². The van der Waals surface area contributed by atoms with E-state index in [0.717, 1.165) is 29.6 Å². The van der Waals surface area contributed by atoms with Crippen molar-refractivity contribution in [1.82, 2.24) is 9.47 Å². The Morgan fingerprint density at radius 3 is 2.73 bits per heavy atom. The van der Waals surface area contributed by atoms with Crippen LogP contribution >= 0.6 is 0 Å². The standard InChI is InChI=1S/C18H21N3O/c19-9-6-12-21-13-16(15-7-2-3-8-17(15)21)18(22)14-20-10-4-1-5-11-20/h2-3,7-8,13H,1,4-6,10-12,14H2. The van der Waals surface area contributed by atoms with Crippen LogP contribution in [0.5, 0.6) is 0 Å². The summed E-state index contributed by atoms with van der Waals surface area (Å²) in [7, 11) is 0. The van der Waals surface area contributed by atoms with Crippen LogP contribution in [0.25, 0.3) is 10.9 Å². The van der Waals surface area contributed by atoms with Gasteiger partial charge in [-0.15, -0.1) is 0 Å². The van der Waals surface area contributed by atoms with Gasteiger partial charge in [-0.2, -0.15) is 5.26 Å². The summed E-state index contributed by atoms with van der Waals surface area (Å²) in [6.07, 6.45) is 6.04. The highest BCUT2D eigenvalue weighted by Crippen LogP contribution is 2.23. The van der Waals surface area contributed by atoms with Crippen molar-refractivity contribution in [3.63, 3.8) is 0 Å². The van der Waals surface area contributed by atoms with Gasteiger partial charge in [0.25, 0.3) is 0 Å². The Morgan fingerprint density at radius 2 is 1.95 bits per heavy atom. The molecule has 1 aliphatic heterocycles. The number of nitrogens with zero attached hydrogens (tertiary/aromatic N) is 3. The topological polar surface area (TPSA) is 49.0 Å². The van der Waals surface area contributed by atoms with E-state index >= 15 is 0 Å². The first kappa shape index (κ1) is 14.8. The van der Waals surface area contributed by atoms with Gasteiger partial charge < -0.3 is 4.57 Å². The fourth-order valence-corrected chi connectivity index (χ4v) is 3.23. The average molecular weight is 295 g/mol. The van der Waals surface area contributed by atoms with E-state index in [0.29, 0.717) is 19.5 Å². The predicted molar refractivity (Wildman–Crippen MR) is 86.8 cm³/mol. The number of piperidine rings is 1. The lowest BCUT2D eigenvalue weighted by Gasteiger charge is -2.25. The molecule has 0 amide bonds. The molecule has 4 nitrogen and oxygen atoms in total. The molecular weight excluding hydrogens is 274 g/mol. The van der Waals surface area contributed by atoms with Crippen LogP contribution in [-0.2, 0) is 6.54 Å². The third kappa shape index (κ3) is 3.05. The van der Waals surface area contributed by atoms with Gasteiger partial charge in [-0.05, 0) is 32.0 Å². The summed E-state index contributed by atoms with van der Waals surface area (Å²) in [6.45, 7) is 3.19. The second kappa shape index (κ2) is 6.76. The zero-order chi connectivity index (χ0) is 15.4. The van der Waals surface area contributed by atoms with Gasteiger partial charge in [0.05, 0.1) is 19.0 Å². The molecule has 3 rings (SSSR count). The molecule has 1 fully saturated rings. The number of carbonyl (C=O) groups excluding carboxylic acids is 1. The molecule has 4 heteroatoms. The monoisotopic (exact) mass is 295 g/mol. The lowest BCUT2D eigenvalue weighted by molar-refractivity contribution is 0.0917. The normalized spacial score (nSPS) is 15.8. The van der Waals surface area contributed by atoms with Gasteiger partial charge in [-0.3, -0.25) is 9.69 Å². The molecule has 0 aliphatic carbocycles. The van der Waals surface area contributed by atoms with Crippen LogP contribution < -0.4 is 0 Å². The minimum Gasteiger partial charge on any atom is -0.346 e. The summed E-state index contributed by atoms with van der Waals surface area (Å²) in [6, 6.07) is 10.1. The predicted octanol–water partition coefficient (Wildman–Crippen LogP) is 3.22. The molecule has 0 saturated carbocycles. The van der Waals surface area contributed by atoms with Gasteiger partial charge in [0, 0.05) is 29.2 Å². The molecule has 0 N–H and O–H groups in total. The highest BCUT2D eigenvalue weighted by molar-refractivity contribution is 6.09. The third-order valence-electron chi connectivity index (χ3n) is 4.37. The van der Waals surface area contributed by atoms with E-state index in [1.165, 1.54) is 19.3 Å². The Balaban J connectivity index is 1.86. The fourth-order valence-electron chi connectivity index (χ4n) is 3.23. The van der Waals surface area contributed by atoms with Gasteiger partial charge in [0.1, 0.15) is 0 Å². The maximum atomic E-state index is 12.7. The van der Waals surface area contributed by atoms with Crippen molar-refractivity contribution in [3.05, 3.63) is 36.0 Å². The molecule has 114 valence electrons. The number of hydrogen-bond donors (Lipinski definition) is 0. The molecular formula is C18H21N3O. The van der Waals surface area contributed by atoms with Gasteiger partial charge in [-0.25, -0.2) is 0 Å². The number of para-hydroxylation sites is 1. The molecule has 0 unspecified atom stereocenters. The molecule has 1 saturated heterocycles. The maximum Gasteiger partial charge on any atom is 0.178 e. The van der Waals surface area contributed by atoms with Crippen molar-refractivity contribution in [2.75, 3.05) is 19.6 Å². The SMILES string of the molecule is N#CCCn1cc(C(=O)CN2CCCCC2)c2ccccc21. The van der Waals surface area contributed by atoms with Crippen molar-refractivity contribution in [1.29, 1.82) is 5.26 Å². The van der Waals surface area contributed by atoms with Crippen LogP contribution in [0.4, 0.5) is 0 Å². The van der Waals surface area contributed by atoms with Crippen molar-refractivity contribution in [2.24, 2.45) is 0 Å². The number of carbonyl (C=O) groups is 1. The zero-order valence-corrected chi connectivity index (χ0v) is 12.8. The molecule has 0 bridgehead atoms. The highest BCUT2D eigenvalue weighted by atomic mass is 16.1. The summed E-state index contributed by atoms with van der Waals surface area (Å²) in [5.41, 5.74) is 1.83. The minimum absolute atomic E-state index is 0.189. The molecule has 0 spiro atoms. The third-order valence-corrected chi connectivity index (χ3v) is 4.37. The zero-order valence-electron chi connectivity index (χ0n) is 12.8. The first-order valence-electron chi connectivity index (χ1n) is 8.00. The van der Waals surface area contributed by atoms with Crippen LogP contribution in [0.15, 0.2) is 30.5 Å². The molecule has 1 aromatic carbocycles. The smallest absolute Gasteiger partial charge is 0.178 e. The number of nitriles is 1. The largest absolute Gasteiger partial charge is 0.346 e. The van der Waals surface area contributed by atoms with Crippen LogP contribution in [-0.4, -0.2) is 34.9 Å². The lowest BCUT2D eigenvalue weighted by atomic mass is 10.1. The van der Waals surface area contributed by atoms with Crippen LogP contribution in [0.3, 0.4) is 0 Å². The summed E-state index contributed by atoms with van der Waals surface area (Å²) >= 11 is 0. The first-order valence-corrected chi connectivity index (χ1v) is 8.00. The molecule has 22 heavy (non-hydrogen) atoms. The van der Waals surface area contributed by atoms with E-state index in [4.69, 9.17) is 5.26 Å². The van der Waals surface area contributed by atoms with Crippen LogP contribution in [0.2, 0.25) is 0 Å². The summed E-state index contributed by atoms with van der Waals surface area (Å²) < 4.78 is 2.03. The Hall–Kier alpha value is -2.12. The Kier molecular flexibility index (Phi) is 4.55. The van der Waals surface area contributed by atoms with Gasteiger partial charge in [0.15, 0.2) is 5.78 Å². The van der Waals surface area contributed by atoms with E-state index in [1.807, 2.05) is 35.0 Å². The van der Waals surface area contributed by atoms with Crippen molar-refractivity contribution in [2.45, 2.75) is 32.2 Å². The average Bonchev–Trinajstić information content (AvgIpc) is 2.93. The summed E-state index contributed by atoms with van der Waals surface area (Å²) in [5.74, 6) is 0.189. The number of hydrogen-bond acceptors (Lipinski definition) is 3. The van der Waals surface area contributed by atoms with Crippen LogP contribution in [0.1, 0.15) is 36.0 Å². The fraction of sp³-hybridized carbons (Fsp3) is 0.444. The second-order valence-corrected chi connectivity index (χ2v) is 5.92. The highest BCUT2D eigenvalue weighted by Gasteiger charge is 2.19. The second-order valence-electron chi connectivity index (χ2n) is 5.92. The summed E-state index contributed by atoms with van der Waals surface area (Å²) in [5, 5.41) is 9.80. The molecule has 0 radical (unpaired) electrons. The van der Waals surface area contributed by atoms with E-state index in [9.17, 15) is 4.79 Å². The van der Waals surface area contributed by atoms with Crippen LogP contribution in [0, 0.1) is 11.3 Å². The number of aromatic nitrogens is 1. The van der Waals surface area contributed by atoms with Gasteiger partial charge in [-0.1, -0.05) is 24.6 Å². The number of rotatable bonds is 5. The summed E-state index contributed by atoms with van der Waals surface area (Å²) in [4.78, 5) is 15.0. The number of aryl methyl sites for hydroxylation is 1. The Bertz CT molecular complexity index is 705. The van der Waals surface area contributed by atoms with Gasteiger partial charge in [0.2, 0.25) is 0 Å². The lowest BCUT2D eigenvalue weighted by Crippen LogP contribution is -2.34. The molecule has 1 aromatic heterocycles.